The van der Waals surface area contributed by atoms with Gasteiger partial charge in [0.1, 0.15) is 0 Å². The van der Waals surface area contributed by atoms with Gasteiger partial charge in [0.05, 0.1) is 5.41 Å². The van der Waals surface area contributed by atoms with E-state index in [-0.39, 0.29) is 5.91 Å². The summed E-state index contributed by atoms with van der Waals surface area (Å²) in [6, 6.07) is 0. The van der Waals surface area contributed by atoms with Crippen molar-refractivity contribution < 1.29 is 4.79 Å². The van der Waals surface area contributed by atoms with Crippen molar-refractivity contribution in [3.8, 4) is 0 Å². The molecule has 0 radical (unpaired) electrons. The highest BCUT2D eigenvalue weighted by Crippen LogP contribution is 2.15. The summed E-state index contributed by atoms with van der Waals surface area (Å²) in [6.07, 6.45) is 0. The van der Waals surface area contributed by atoms with E-state index in [0.717, 1.165) is 0 Å². The van der Waals surface area contributed by atoms with Crippen molar-refractivity contribution in [1.29, 1.82) is 0 Å². The van der Waals surface area contributed by atoms with Crippen LogP contribution in [0.2, 0.25) is 0 Å². The summed E-state index contributed by atoms with van der Waals surface area (Å²) >= 11 is 1.66. The SMILES string of the molecule is Cc1cscc1CNC(=O)C(C)(C)CN. The number of nitrogens with one attached hydrogen (secondary N) is 1. The summed E-state index contributed by atoms with van der Waals surface area (Å²) in [4.78, 5) is 11.7. The molecule has 0 fully saturated rings. The second kappa shape index (κ2) is 4.77. The molecule has 4 heteroatoms. The summed E-state index contributed by atoms with van der Waals surface area (Å²) in [5.41, 5.74) is 7.45. The van der Waals surface area contributed by atoms with Crippen molar-refractivity contribution in [2.24, 2.45) is 11.1 Å². The van der Waals surface area contributed by atoms with Gasteiger partial charge in [0.15, 0.2) is 0 Å². The number of carbonyl (C=O) groups is 1. The van der Waals surface area contributed by atoms with Crippen LogP contribution < -0.4 is 11.1 Å². The predicted molar refractivity (Wildman–Crippen MR) is 63.7 cm³/mol. The third-order valence-electron chi connectivity index (χ3n) is 2.53. The number of aryl methyl sites for hydroxylation is 1. The average Bonchev–Trinajstić information content (AvgIpc) is 2.60. The molecule has 0 spiro atoms. The van der Waals surface area contributed by atoms with E-state index in [0.29, 0.717) is 13.1 Å². The van der Waals surface area contributed by atoms with Gasteiger partial charge in [-0.1, -0.05) is 0 Å². The summed E-state index contributed by atoms with van der Waals surface area (Å²) in [7, 11) is 0. The molecule has 3 N–H and O–H groups in total. The lowest BCUT2D eigenvalue weighted by Crippen LogP contribution is -2.41. The van der Waals surface area contributed by atoms with Crippen molar-refractivity contribution in [3.05, 3.63) is 21.9 Å². The standard InChI is InChI=1S/C11H18N2OS/c1-8-5-15-6-9(8)4-13-10(14)11(2,3)7-12/h5-6H,4,7,12H2,1-3H3,(H,13,14). The maximum Gasteiger partial charge on any atom is 0.227 e. The van der Waals surface area contributed by atoms with Gasteiger partial charge >= 0.3 is 0 Å². The van der Waals surface area contributed by atoms with Gasteiger partial charge in [0.25, 0.3) is 0 Å². The average molecular weight is 226 g/mol. The molecule has 0 bridgehead atoms. The molecule has 15 heavy (non-hydrogen) atoms. The van der Waals surface area contributed by atoms with Gasteiger partial charge in [-0.15, -0.1) is 0 Å². The van der Waals surface area contributed by atoms with Crippen LogP contribution in [0.1, 0.15) is 25.0 Å². The minimum atomic E-state index is -0.482. The van der Waals surface area contributed by atoms with E-state index in [1.165, 1.54) is 11.1 Å². The Morgan fingerprint density at radius 3 is 2.67 bits per heavy atom. The molecule has 1 aromatic heterocycles. The molecule has 0 aliphatic heterocycles. The first kappa shape index (κ1) is 12.2. The summed E-state index contributed by atoms with van der Waals surface area (Å²) in [5.74, 6) is 0.00981. The van der Waals surface area contributed by atoms with Crippen LogP contribution in [0, 0.1) is 12.3 Å². The lowest BCUT2D eigenvalue weighted by molar-refractivity contribution is -0.129. The van der Waals surface area contributed by atoms with Gasteiger partial charge in [0, 0.05) is 13.1 Å². The fourth-order valence-electron chi connectivity index (χ4n) is 1.08. The lowest BCUT2D eigenvalue weighted by atomic mass is 9.92. The predicted octanol–water partition coefficient (Wildman–Crippen LogP) is 1.66. The first-order valence-corrected chi connectivity index (χ1v) is 5.91. The number of nitrogens with two attached hydrogens (primary N) is 1. The highest BCUT2D eigenvalue weighted by atomic mass is 32.1. The Morgan fingerprint density at radius 1 is 1.53 bits per heavy atom. The molecule has 0 saturated carbocycles. The van der Waals surface area contributed by atoms with E-state index in [1.54, 1.807) is 11.3 Å². The molecule has 0 saturated heterocycles. The van der Waals surface area contributed by atoms with Gasteiger partial charge in [-0.3, -0.25) is 4.79 Å². The van der Waals surface area contributed by atoms with E-state index < -0.39 is 5.41 Å². The Morgan fingerprint density at radius 2 is 2.20 bits per heavy atom. The molecule has 1 rings (SSSR count). The molecule has 84 valence electrons. The van der Waals surface area contributed by atoms with Gasteiger partial charge < -0.3 is 11.1 Å². The minimum absolute atomic E-state index is 0.00981. The van der Waals surface area contributed by atoms with E-state index in [9.17, 15) is 4.79 Å². The molecule has 1 aromatic rings. The molecule has 3 nitrogen and oxygen atoms in total. The van der Waals surface area contributed by atoms with Crippen molar-refractivity contribution in [2.45, 2.75) is 27.3 Å². The van der Waals surface area contributed by atoms with Crippen molar-refractivity contribution in [1.82, 2.24) is 5.32 Å². The Hall–Kier alpha value is -0.870. The van der Waals surface area contributed by atoms with Crippen LogP contribution in [-0.4, -0.2) is 12.5 Å². The number of hydrogen-bond donors (Lipinski definition) is 2. The molecular formula is C11H18N2OS. The highest BCUT2D eigenvalue weighted by Gasteiger charge is 2.25. The molecule has 1 amide bonds. The fraction of sp³-hybridized carbons (Fsp3) is 0.545. The normalized spacial score (nSPS) is 11.5. The molecule has 0 aromatic carbocycles. The van der Waals surface area contributed by atoms with Crippen LogP contribution in [0.3, 0.4) is 0 Å². The number of carbonyl (C=O) groups excluding carboxylic acids is 1. The quantitative estimate of drug-likeness (QED) is 0.820. The Kier molecular flexibility index (Phi) is 3.88. The summed E-state index contributed by atoms with van der Waals surface area (Å²) in [5, 5.41) is 7.04. The van der Waals surface area contributed by atoms with E-state index in [2.05, 4.69) is 16.1 Å². The third kappa shape index (κ3) is 3.04. The van der Waals surface area contributed by atoms with Crippen LogP contribution in [0.25, 0.3) is 0 Å². The smallest absolute Gasteiger partial charge is 0.227 e. The minimum Gasteiger partial charge on any atom is -0.351 e. The van der Waals surface area contributed by atoms with E-state index in [1.807, 2.05) is 20.8 Å². The Bertz CT molecular complexity index is 344. The number of rotatable bonds is 4. The molecule has 0 unspecified atom stereocenters. The van der Waals surface area contributed by atoms with Gasteiger partial charge in [-0.2, -0.15) is 11.3 Å². The van der Waals surface area contributed by atoms with Crippen LogP contribution in [0.5, 0.6) is 0 Å². The van der Waals surface area contributed by atoms with Crippen molar-refractivity contribution in [3.63, 3.8) is 0 Å². The van der Waals surface area contributed by atoms with Gasteiger partial charge in [0.2, 0.25) is 5.91 Å². The van der Waals surface area contributed by atoms with E-state index in [4.69, 9.17) is 5.73 Å². The van der Waals surface area contributed by atoms with Crippen molar-refractivity contribution >= 4 is 17.2 Å². The maximum absolute atomic E-state index is 11.7. The topological polar surface area (TPSA) is 55.1 Å². The number of amides is 1. The lowest BCUT2D eigenvalue weighted by Gasteiger charge is -2.21. The van der Waals surface area contributed by atoms with Gasteiger partial charge in [-0.05, 0) is 42.7 Å². The molecular weight excluding hydrogens is 208 g/mol. The third-order valence-corrected chi connectivity index (χ3v) is 3.44. The second-order valence-electron chi connectivity index (χ2n) is 4.35. The molecule has 0 atom stereocenters. The zero-order valence-electron chi connectivity index (χ0n) is 9.46. The summed E-state index contributed by atoms with van der Waals surface area (Å²) < 4.78 is 0. The van der Waals surface area contributed by atoms with E-state index >= 15 is 0 Å². The maximum atomic E-state index is 11.7. The Balaban J connectivity index is 2.52. The fourth-order valence-corrected chi connectivity index (χ4v) is 1.93. The Labute approximate surface area is 94.7 Å². The zero-order valence-corrected chi connectivity index (χ0v) is 10.3. The first-order valence-electron chi connectivity index (χ1n) is 4.97. The first-order chi connectivity index (χ1) is 6.97. The second-order valence-corrected chi connectivity index (χ2v) is 5.09. The molecule has 0 aliphatic rings. The van der Waals surface area contributed by atoms with Crippen molar-refractivity contribution in [2.75, 3.05) is 6.54 Å². The molecule has 0 aliphatic carbocycles. The monoisotopic (exact) mass is 226 g/mol. The highest BCUT2D eigenvalue weighted by molar-refractivity contribution is 7.08. The van der Waals surface area contributed by atoms with Crippen LogP contribution in [0.4, 0.5) is 0 Å². The zero-order chi connectivity index (χ0) is 11.5. The largest absolute Gasteiger partial charge is 0.351 e. The number of thiophene rings is 1. The number of hydrogen-bond acceptors (Lipinski definition) is 3. The van der Waals surface area contributed by atoms with Crippen LogP contribution >= 0.6 is 11.3 Å². The molecule has 1 heterocycles. The summed E-state index contributed by atoms with van der Waals surface area (Å²) in [6.45, 7) is 6.71. The van der Waals surface area contributed by atoms with Crippen LogP contribution in [0.15, 0.2) is 10.8 Å². The van der Waals surface area contributed by atoms with Gasteiger partial charge in [-0.25, -0.2) is 0 Å². The van der Waals surface area contributed by atoms with Crippen LogP contribution in [-0.2, 0) is 11.3 Å².